The van der Waals surface area contributed by atoms with Gasteiger partial charge in [0.25, 0.3) is 0 Å². The predicted octanol–water partition coefficient (Wildman–Crippen LogP) is 4.24. The van der Waals surface area contributed by atoms with Gasteiger partial charge in [-0.2, -0.15) is 0 Å². The van der Waals surface area contributed by atoms with Crippen LogP contribution in [-0.2, 0) is 6.54 Å². The summed E-state index contributed by atoms with van der Waals surface area (Å²) in [4.78, 5) is 6.22. The molecule has 1 aliphatic rings. The minimum atomic E-state index is 0.875. The fourth-order valence-electron chi connectivity index (χ4n) is 2.52. The maximum absolute atomic E-state index is 3.98. The average Bonchev–Trinajstić information content (AvgIpc) is 2.47. The molecule has 2 heteroatoms. The van der Waals surface area contributed by atoms with E-state index in [1.54, 1.807) is 0 Å². The van der Waals surface area contributed by atoms with E-state index in [2.05, 4.69) is 71.3 Å². The van der Waals surface area contributed by atoms with Gasteiger partial charge < -0.3 is 4.90 Å². The highest BCUT2D eigenvalue weighted by Gasteiger charge is 2.19. The molecule has 19 heavy (non-hydrogen) atoms. The minimum absolute atomic E-state index is 0.875. The zero-order chi connectivity index (χ0) is 13.2. The molecule has 0 saturated carbocycles. The van der Waals surface area contributed by atoms with Crippen LogP contribution in [0.4, 0.5) is 5.69 Å². The summed E-state index contributed by atoms with van der Waals surface area (Å²) < 4.78 is 0. The van der Waals surface area contributed by atoms with E-state index in [0.29, 0.717) is 0 Å². The molecule has 3 rings (SSSR count). The van der Waals surface area contributed by atoms with Gasteiger partial charge in [0.1, 0.15) is 0 Å². The Bertz CT molecular complexity index is 656. The van der Waals surface area contributed by atoms with Crippen molar-refractivity contribution in [3.05, 3.63) is 66.0 Å². The maximum atomic E-state index is 3.98. The van der Waals surface area contributed by atoms with Crippen molar-refractivity contribution < 1.29 is 0 Å². The molecule has 0 aromatic heterocycles. The fourth-order valence-corrected chi connectivity index (χ4v) is 2.52. The smallest absolute Gasteiger partial charge is 0.0527 e. The number of hydrogen-bond acceptors (Lipinski definition) is 2. The van der Waals surface area contributed by atoms with E-state index in [0.717, 1.165) is 12.2 Å². The zero-order valence-corrected chi connectivity index (χ0v) is 11.0. The minimum Gasteiger partial charge on any atom is -0.341 e. The highest BCUT2D eigenvalue weighted by Crippen LogP contribution is 2.39. The molecule has 0 saturated heterocycles. The molecule has 2 aromatic rings. The highest BCUT2D eigenvalue weighted by molar-refractivity contribution is 5.84. The van der Waals surface area contributed by atoms with Crippen molar-refractivity contribution in [2.75, 3.05) is 4.90 Å². The molecule has 0 spiro atoms. The first-order valence-corrected chi connectivity index (χ1v) is 6.38. The van der Waals surface area contributed by atoms with E-state index >= 15 is 0 Å². The first kappa shape index (κ1) is 11.7. The Labute approximate surface area is 113 Å². The van der Waals surface area contributed by atoms with Gasteiger partial charge >= 0.3 is 0 Å². The van der Waals surface area contributed by atoms with Gasteiger partial charge in [-0.15, -0.1) is 0 Å². The zero-order valence-electron chi connectivity index (χ0n) is 11.0. The second-order valence-electron chi connectivity index (χ2n) is 4.73. The maximum Gasteiger partial charge on any atom is 0.0527 e. The Kier molecular flexibility index (Phi) is 2.92. The normalized spacial score (nSPS) is 13.7. The van der Waals surface area contributed by atoms with Gasteiger partial charge in [0, 0.05) is 24.0 Å². The molecule has 0 fully saturated rings. The molecular formula is C17H16N2. The van der Waals surface area contributed by atoms with E-state index in [1.165, 1.54) is 22.4 Å². The first-order chi connectivity index (χ1) is 9.29. The monoisotopic (exact) mass is 248 g/mol. The molecule has 0 unspecified atom stereocenters. The summed E-state index contributed by atoms with van der Waals surface area (Å²) in [6.45, 7) is 6.42. The third-order valence-corrected chi connectivity index (χ3v) is 3.45. The average molecular weight is 248 g/mol. The van der Waals surface area contributed by atoms with Crippen LogP contribution < -0.4 is 4.90 Å². The van der Waals surface area contributed by atoms with Crippen molar-refractivity contribution in [3.8, 4) is 11.1 Å². The Morgan fingerprint density at radius 3 is 2.58 bits per heavy atom. The number of anilines is 1. The first-order valence-electron chi connectivity index (χ1n) is 6.38. The number of rotatable bonds is 2. The molecular weight excluding hydrogens is 232 g/mol. The molecule has 0 N–H and O–H groups in total. The van der Waals surface area contributed by atoms with Crippen molar-refractivity contribution in [1.82, 2.24) is 0 Å². The van der Waals surface area contributed by atoms with Crippen LogP contribution in [0, 0.1) is 0 Å². The van der Waals surface area contributed by atoms with E-state index in [4.69, 9.17) is 0 Å². The molecule has 2 aromatic carbocycles. The third kappa shape index (κ3) is 2.06. The van der Waals surface area contributed by atoms with E-state index in [9.17, 15) is 0 Å². The quantitative estimate of drug-likeness (QED) is 0.726. The Balaban J connectivity index is 2.17. The molecule has 1 aliphatic heterocycles. The standard InChI is InChI=1S/C17H16N2/c1-13(18-2)11-19-12-14-7-3-4-8-15(14)16-9-5-6-10-17(16)19/h3-11H,2,12H2,1H3/b13-11-. The number of hydrogen-bond donors (Lipinski definition) is 0. The Morgan fingerprint density at radius 1 is 1.11 bits per heavy atom. The number of nitrogens with zero attached hydrogens (tertiary/aromatic N) is 2. The summed E-state index contributed by atoms with van der Waals surface area (Å²) in [5.74, 6) is 0. The van der Waals surface area contributed by atoms with Crippen molar-refractivity contribution in [2.45, 2.75) is 13.5 Å². The van der Waals surface area contributed by atoms with Gasteiger partial charge in [0.05, 0.1) is 5.70 Å². The van der Waals surface area contributed by atoms with Crippen LogP contribution in [0.1, 0.15) is 12.5 Å². The van der Waals surface area contributed by atoms with Crippen molar-refractivity contribution in [3.63, 3.8) is 0 Å². The van der Waals surface area contributed by atoms with Gasteiger partial charge in [-0.1, -0.05) is 42.5 Å². The van der Waals surface area contributed by atoms with Crippen LogP contribution in [0.25, 0.3) is 11.1 Å². The molecule has 0 amide bonds. The molecule has 1 heterocycles. The summed E-state index contributed by atoms with van der Waals surface area (Å²) in [5, 5.41) is 0. The van der Waals surface area contributed by atoms with Gasteiger partial charge in [-0.3, -0.25) is 4.99 Å². The number of fused-ring (bicyclic) bond motifs is 3. The number of para-hydroxylation sites is 1. The lowest BCUT2D eigenvalue weighted by molar-refractivity contribution is 0.941. The van der Waals surface area contributed by atoms with E-state index < -0.39 is 0 Å². The van der Waals surface area contributed by atoms with Gasteiger partial charge in [0.2, 0.25) is 0 Å². The SMILES string of the molecule is C=N/C(C)=C\N1Cc2ccccc2-c2ccccc21. The largest absolute Gasteiger partial charge is 0.341 e. The summed E-state index contributed by atoms with van der Waals surface area (Å²) in [6, 6.07) is 17.0. The van der Waals surface area contributed by atoms with Crippen LogP contribution in [0.15, 0.2) is 65.4 Å². The summed E-state index contributed by atoms with van der Waals surface area (Å²) in [5.41, 5.74) is 6.09. The summed E-state index contributed by atoms with van der Waals surface area (Å²) in [6.07, 6.45) is 2.06. The predicted molar refractivity (Wildman–Crippen MR) is 81.4 cm³/mol. The van der Waals surface area contributed by atoms with Gasteiger partial charge in [0.15, 0.2) is 0 Å². The molecule has 2 nitrogen and oxygen atoms in total. The van der Waals surface area contributed by atoms with Crippen LogP contribution in [0.2, 0.25) is 0 Å². The van der Waals surface area contributed by atoms with E-state index in [-0.39, 0.29) is 0 Å². The summed E-state index contributed by atoms with van der Waals surface area (Å²) in [7, 11) is 0. The number of allylic oxidation sites excluding steroid dienone is 1. The lowest BCUT2D eigenvalue weighted by atomic mass is 9.94. The van der Waals surface area contributed by atoms with Crippen molar-refractivity contribution in [1.29, 1.82) is 0 Å². The number of benzene rings is 2. The van der Waals surface area contributed by atoms with Crippen LogP contribution in [0.3, 0.4) is 0 Å². The molecule has 0 radical (unpaired) electrons. The Morgan fingerprint density at radius 2 is 1.79 bits per heavy atom. The van der Waals surface area contributed by atoms with Crippen molar-refractivity contribution in [2.24, 2.45) is 4.99 Å². The van der Waals surface area contributed by atoms with Gasteiger partial charge in [-0.25, -0.2) is 0 Å². The van der Waals surface area contributed by atoms with Gasteiger partial charge in [-0.05, 0) is 30.8 Å². The molecule has 0 atom stereocenters. The van der Waals surface area contributed by atoms with Crippen LogP contribution in [0.5, 0.6) is 0 Å². The van der Waals surface area contributed by atoms with Crippen molar-refractivity contribution >= 4 is 12.4 Å². The highest BCUT2D eigenvalue weighted by atomic mass is 15.1. The lowest BCUT2D eigenvalue weighted by Crippen LogP contribution is -2.21. The number of aliphatic imine (C=N–C) groups is 1. The fraction of sp³-hybridized carbons (Fsp3) is 0.118. The van der Waals surface area contributed by atoms with Crippen LogP contribution >= 0.6 is 0 Å². The third-order valence-electron chi connectivity index (χ3n) is 3.45. The second-order valence-corrected chi connectivity index (χ2v) is 4.73. The molecule has 0 bridgehead atoms. The summed E-state index contributed by atoms with van der Waals surface area (Å²) >= 11 is 0. The molecule has 0 aliphatic carbocycles. The lowest BCUT2D eigenvalue weighted by Gasteiger charge is -2.30. The van der Waals surface area contributed by atoms with Crippen LogP contribution in [-0.4, -0.2) is 6.72 Å². The molecule has 94 valence electrons. The Hall–Kier alpha value is -2.35. The van der Waals surface area contributed by atoms with E-state index in [1.807, 2.05) is 6.92 Å². The second kappa shape index (κ2) is 4.73. The topological polar surface area (TPSA) is 15.6 Å².